The minimum atomic E-state index is -0.367. The third kappa shape index (κ3) is 5.57. The van der Waals surface area contributed by atoms with E-state index in [1.54, 1.807) is 48.5 Å². The van der Waals surface area contributed by atoms with Crippen LogP contribution in [0.4, 0.5) is 0 Å². The molecule has 0 unspecified atom stereocenters. The highest BCUT2D eigenvalue weighted by atomic mass is 79.9. The molecule has 0 fully saturated rings. The molecular formula is C31H19Br2Cl2N3O4. The Morgan fingerprint density at radius 2 is 1.81 bits per heavy atom. The minimum absolute atomic E-state index is 0.228. The second-order valence-corrected chi connectivity index (χ2v) is 11.7. The van der Waals surface area contributed by atoms with Gasteiger partial charge in [0.05, 0.1) is 24.2 Å². The van der Waals surface area contributed by atoms with Crippen molar-refractivity contribution in [2.75, 3.05) is 7.11 Å². The number of furan rings is 1. The highest BCUT2D eigenvalue weighted by Gasteiger charge is 2.19. The molecule has 11 heteroatoms. The van der Waals surface area contributed by atoms with Crippen molar-refractivity contribution < 1.29 is 13.9 Å². The van der Waals surface area contributed by atoms with Gasteiger partial charge in [-0.1, -0.05) is 63.4 Å². The van der Waals surface area contributed by atoms with E-state index >= 15 is 0 Å². The molecule has 6 rings (SSSR count). The van der Waals surface area contributed by atoms with Crippen LogP contribution in [0.5, 0.6) is 11.5 Å². The Bertz CT molecular complexity index is 2060. The number of halogens is 4. The summed E-state index contributed by atoms with van der Waals surface area (Å²) in [6.07, 6.45) is 1.50. The summed E-state index contributed by atoms with van der Waals surface area (Å²) < 4.78 is 20.4. The van der Waals surface area contributed by atoms with Crippen molar-refractivity contribution >= 4 is 83.1 Å². The Balaban J connectivity index is 1.42. The molecule has 0 amide bonds. The fourth-order valence-electron chi connectivity index (χ4n) is 4.36. The SMILES string of the molecule is COc1cc(C=Nn2c(-c3cc4cc(Cl)ccc4o3)nc3ccccc3c2=O)c(Br)c(Cl)c1OCc1ccc(Br)cc1. The fraction of sp³-hybridized carbons (Fsp3) is 0.0645. The Morgan fingerprint density at radius 1 is 1.02 bits per heavy atom. The van der Waals surface area contributed by atoms with Crippen LogP contribution < -0.4 is 15.0 Å². The van der Waals surface area contributed by atoms with Gasteiger partial charge >= 0.3 is 0 Å². The van der Waals surface area contributed by atoms with Crippen LogP contribution in [0.25, 0.3) is 33.5 Å². The number of aromatic nitrogens is 2. The molecule has 0 atom stereocenters. The zero-order chi connectivity index (χ0) is 29.4. The van der Waals surface area contributed by atoms with Crippen LogP contribution in [-0.4, -0.2) is 23.0 Å². The number of ether oxygens (including phenoxy) is 2. The zero-order valence-corrected chi connectivity index (χ0v) is 26.5. The maximum Gasteiger partial charge on any atom is 0.282 e. The molecule has 4 aromatic carbocycles. The molecule has 0 aliphatic carbocycles. The maximum absolute atomic E-state index is 13.6. The van der Waals surface area contributed by atoms with Gasteiger partial charge in [0.25, 0.3) is 5.56 Å². The summed E-state index contributed by atoms with van der Waals surface area (Å²) in [7, 11) is 1.52. The van der Waals surface area contributed by atoms with Gasteiger partial charge in [0.15, 0.2) is 17.3 Å². The molecule has 0 N–H and O–H groups in total. The fourth-order valence-corrected chi connectivity index (χ4v) is 5.45. The molecule has 0 aliphatic rings. The van der Waals surface area contributed by atoms with Crippen LogP contribution in [0.15, 0.2) is 102 Å². The van der Waals surface area contributed by atoms with Crippen LogP contribution in [0.1, 0.15) is 11.1 Å². The van der Waals surface area contributed by atoms with Crippen molar-refractivity contribution in [3.63, 3.8) is 0 Å². The zero-order valence-electron chi connectivity index (χ0n) is 21.8. The summed E-state index contributed by atoms with van der Waals surface area (Å²) >= 11 is 19.9. The lowest BCUT2D eigenvalue weighted by Gasteiger charge is -2.15. The maximum atomic E-state index is 13.6. The number of nitrogens with zero attached hydrogens (tertiary/aromatic N) is 3. The number of fused-ring (bicyclic) bond motifs is 2. The first kappa shape index (κ1) is 28.5. The van der Waals surface area contributed by atoms with E-state index in [0.717, 1.165) is 15.4 Å². The van der Waals surface area contributed by atoms with Gasteiger partial charge < -0.3 is 13.9 Å². The summed E-state index contributed by atoms with van der Waals surface area (Å²) in [5.41, 5.74) is 2.26. The number of para-hydroxylation sites is 1. The summed E-state index contributed by atoms with van der Waals surface area (Å²) in [6.45, 7) is 0.285. The van der Waals surface area contributed by atoms with Gasteiger partial charge in [-0.15, -0.1) is 0 Å². The van der Waals surface area contributed by atoms with E-state index < -0.39 is 0 Å². The average Bonchev–Trinajstić information content (AvgIpc) is 3.42. The second kappa shape index (κ2) is 11.9. The number of rotatable bonds is 7. The van der Waals surface area contributed by atoms with E-state index in [4.69, 9.17) is 42.1 Å². The minimum Gasteiger partial charge on any atom is -0.493 e. The predicted octanol–water partition coefficient (Wildman–Crippen LogP) is 9.11. The molecule has 0 saturated carbocycles. The molecule has 2 heterocycles. The van der Waals surface area contributed by atoms with Crippen molar-refractivity contribution in [3.8, 4) is 23.1 Å². The summed E-state index contributed by atoms with van der Waals surface area (Å²) in [5.74, 6) is 1.36. The smallest absolute Gasteiger partial charge is 0.282 e. The van der Waals surface area contributed by atoms with Crippen molar-refractivity contribution in [2.24, 2.45) is 5.10 Å². The van der Waals surface area contributed by atoms with E-state index in [2.05, 4.69) is 37.0 Å². The lowest BCUT2D eigenvalue weighted by molar-refractivity contribution is 0.284. The van der Waals surface area contributed by atoms with Crippen molar-refractivity contribution in [1.29, 1.82) is 0 Å². The number of hydrogen-bond acceptors (Lipinski definition) is 6. The van der Waals surface area contributed by atoms with E-state index in [-0.39, 0.29) is 18.0 Å². The molecule has 7 nitrogen and oxygen atoms in total. The molecule has 6 aromatic rings. The van der Waals surface area contributed by atoms with Crippen molar-refractivity contribution in [3.05, 3.63) is 119 Å². The van der Waals surface area contributed by atoms with Crippen LogP contribution in [-0.2, 0) is 6.61 Å². The molecule has 42 heavy (non-hydrogen) atoms. The van der Waals surface area contributed by atoms with E-state index in [1.807, 2.05) is 30.3 Å². The van der Waals surface area contributed by atoms with Crippen LogP contribution in [0.3, 0.4) is 0 Å². The first-order valence-electron chi connectivity index (χ1n) is 12.5. The molecular weight excluding hydrogens is 709 g/mol. The first-order valence-corrected chi connectivity index (χ1v) is 14.9. The van der Waals surface area contributed by atoms with Gasteiger partial charge in [-0.05, 0) is 76.1 Å². The monoisotopic (exact) mass is 725 g/mol. The highest BCUT2D eigenvalue weighted by molar-refractivity contribution is 9.10. The number of benzene rings is 4. The van der Waals surface area contributed by atoms with Gasteiger partial charge in [0, 0.05) is 24.9 Å². The normalized spacial score (nSPS) is 11.5. The molecule has 0 spiro atoms. The standard InChI is InChI=1S/C31H19Br2Cl2N3O4/c1-40-25-14-19(27(33)28(35)29(25)41-16-17-6-8-20(32)9-7-17)15-36-38-30(37-23-5-3-2-4-22(23)31(38)39)26-13-18-12-21(34)10-11-24(18)42-26/h2-15H,16H2,1H3. The number of methoxy groups -OCH3 is 1. The van der Waals surface area contributed by atoms with Gasteiger partial charge in [-0.3, -0.25) is 4.79 Å². The summed E-state index contributed by atoms with van der Waals surface area (Å²) in [4.78, 5) is 18.4. The first-order chi connectivity index (χ1) is 20.3. The summed E-state index contributed by atoms with van der Waals surface area (Å²) in [6, 6.07) is 23.6. The topological polar surface area (TPSA) is 78.9 Å². The third-order valence-corrected chi connectivity index (χ3v) is 8.64. The van der Waals surface area contributed by atoms with Crippen molar-refractivity contribution in [2.45, 2.75) is 6.61 Å². The largest absolute Gasteiger partial charge is 0.493 e. The van der Waals surface area contributed by atoms with Crippen molar-refractivity contribution in [1.82, 2.24) is 9.66 Å². The Hall–Kier alpha value is -3.63. The molecule has 0 saturated heterocycles. The van der Waals surface area contributed by atoms with E-state index in [1.165, 1.54) is 18.0 Å². The third-order valence-electron chi connectivity index (χ3n) is 6.44. The average molecular weight is 728 g/mol. The molecule has 0 aliphatic heterocycles. The Morgan fingerprint density at radius 3 is 2.60 bits per heavy atom. The lowest BCUT2D eigenvalue weighted by Crippen LogP contribution is -2.20. The van der Waals surface area contributed by atoms with Crippen LogP contribution >= 0.6 is 55.1 Å². The van der Waals surface area contributed by atoms with Crippen LogP contribution in [0.2, 0.25) is 10.0 Å². The second-order valence-electron chi connectivity index (χ2n) is 9.15. The van der Waals surface area contributed by atoms with E-state index in [9.17, 15) is 4.79 Å². The summed E-state index contributed by atoms with van der Waals surface area (Å²) in [5, 5.41) is 6.58. The molecule has 0 bridgehead atoms. The molecule has 0 radical (unpaired) electrons. The predicted molar refractivity (Wildman–Crippen MR) is 173 cm³/mol. The van der Waals surface area contributed by atoms with Gasteiger partial charge in [-0.2, -0.15) is 9.78 Å². The lowest BCUT2D eigenvalue weighted by atomic mass is 10.2. The molecule has 2 aromatic heterocycles. The Kier molecular flexibility index (Phi) is 8.09. The van der Waals surface area contributed by atoms with Gasteiger partial charge in [0.2, 0.25) is 5.82 Å². The molecule has 210 valence electrons. The van der Waals surface area contributed by atoms with E-state index in [0.29, 0.717) is 53.8 Å². The quantitative estimate of drug-likeness (QED) is 0.153. The number of hydrogen-bond donors (Lipinski definition) is 0. The van der Waals surface area contributed by atoms with Crippen LogP contribution in [0, 0.1) is 0 Å². The van der Waals surface area contributed by atoms with Gasteiger partial charge in [-0.25, -0.2) is 4.98 Å². The highest BCUT2D eigenvalue weighted by Crippen LogP contribution is 2.42. The van der Waals surface area contributed by atoms with Gasteiger partial charge in [0.1, 0.15) is 17.2 Å². The Labute approximate surface area is 266 Å².